The van der Waals surface area contributed by atoms with Gasteiger partial charge in [-0.05, 0) is 33.2 Å². The van der Waals surface area contributed by atoms with Crippen molar-refractivity contribution < 1.29 is 4.74 Å². The van der Waals surface area contributed by atoms with Crippen LogP contribution in [0.2, 0.25) is 0 Å². The van der Waals surface area contributed by atoms with E-state index >= 15 is 0 Å². The van der Waals surface area contributed by atoms with Gasteiger partial charge in [0.15, 0.2) is 0 Å². The molecule has 1 saturated heterocycles. The van der Waals surface area contributed by atoms with E-state index in [4.69, 9.17) is 4.74 Å². The van der Waals surface area contributed by atoms with Crippen molar-refractivity contribution in [2.75, 3.05) is 19.8 Å². The largest absolute Gasteiger partial charge is 0.381 e. The fourth-order valence-electron chi connectivity index (χ4n) is 2.33. The molecule has 2 heterocycles. The number of hydrogen-bond donors (Lipinski definition) is 1. The van der Waals surface area contributed by atoms with Gasteiger partial charge in [0, 0.05) is 36.0 Å². The van der Waals surface area contributed by atoms with Crippen LogP contribution in [-0.4, -0.2) is 29.7 Å². The van der Waals surface area contributed by atoms with Crippen LogP contribution in [0.3, 0.4) is 0 Å². The number of hydrogen-bond acceptors (Lipinski definition) is 4. The molecule has 0 radical (unpaired) electrons. The molecule has 4 heteroatoms. The molecule has 2 atom stereocenters. The van der Waals surface area contributed by atoms with Crippen LogP contribution in [0.5, 0.6) is 0 Å². The maximum atomic E-state index is 5.39. The summed E-state index contributed by atoms with van der Waals surface area (Å²) in [4.78, 5) is 9.17. The molecule has 0 aliphatic carbocycles. The van der Waals surface area contributed by atoms with Crippen LogP contribution in [0.1, 0.15) is 55.7 Å². The Morgan fingerprint density at radius 2 is 2.39 bits per heavy atom. The Labute approximate surface area is 109 Å². The summed E-state index contributed by atoms with van der Waals surface area (Å²) >= 11 is 0. The molecule has 1 N–H and O–H groups in total. The zero-order chi connectivity index (χ0) is 13.0. The highest BCUT2D eigenvalue weighted by molar-refractivity contribution is 5.21. The second kappa shape index (κ2) is 6.25. The molecule has 2 rings (SSSR count). The molecule has 4 nitrogen and oxygen atoms in total. The topological polar surface area (TPSA) is 47.0 Å². The zero-order valence-electron chi connectivity index (χ0n) is 11.6. The molecule has 1 aromatic rings. The average molecular weight is 249 g/mol. The summed E-state index contributed by atoms with van der Waals surface area (Å²) in [5, 5.41) is 3.47. The number of aryl methyl sites for hydroxylation is 1. The Hall–Kier alpha value is -1.00. The molecular formula is C14H23N3O. The highest BCUT2D eigenvalue weighted by atomic mass is 16.5. The van der Waals surface area contributed by atoms with Crippen LogP contribution in [0, 0.1) is 6.92 Å². The molecule has 1 fully saturated rings. The predicted molar refractivity (Wildman–Crippen MR) is 71.7 cm³/mol. The summed E-state index contributed by atoms with van der Waals surface area (Å²) in [5.74, 6) is 1.33. The molecule has 0 spiro atoms. The van der Waals surface area contributed by atoms with Gasteiger partial charge in [-0.3, -0.25) is 0 Å². The molecule has 1 aliphatic rings. The van der Waals surface area contributed by atoms with E-state index in [0.717, 1.165) is 44.1 Å². The Morgan fingerprint density at radius 1 is 1.56 bits per heavy atom. The molecule has 0 saturated carbocycles. The SMILES string of the molecule is CCCNC(C)c1cnc(C2CCOC2)nc1C. The lowest BCUT2D eigenvalue weighted by Crippen LogP contribution is -2.21. The van der Waals surface area contributed by atoms with Gasteiger partial charge in [-0.2, -0.15) is 0 Å². The second-order valence-corrected chi connectivity index (χ2v) is 5.01. The van der Waals surface area contributed by atoms with E-state index in [9.17, 15) is 0 Å². The standard InChI is InChI=1S/C14H23N3O/c1-4-6-15-10(2)13-8-16-14(17-11(13)3)12-5-7-18-9-12/h8,10,12,15H,4-7,9H2,1-3H3. The second-order valence-electron chi connectivity index (χ2n) is 5.01. The molecule has 2 unspecified atom stereocenters. The molecule has 0 aromatic carbocycles. The zero-order valence-corrected chi connectivity index (χ0v) is 11.6. The first-order valence-electron chi connectivity index (χ1n) is 6.87. The summed E-state index contributed by atoms with van der Waals surface area (Å²) in [6.07, 6.45) is 4.16. The van der Waals surface area contributed by atoms with Gasteiger partial charge in [0.05, 0.1) is 6.61 Å². The Balaban J connectivity index is 2.09. The Kier molecular flexibility index (Phi) is 4.66. The molecule has 18 heavy (non-hydrogen) atoms. The van der Waals surface area contributed by atoms with Crippen LogP contribution >= 0.6 is 0 Å². The van der Waals surface area contributed by atoms with Crippen molar-refractivity contribution in [3.8, 4) is 0 Å². The molecule has 1 aliphatic heterocycles. The fourth-order valence-corrected chi connectivity index (χ4v) is 2.33. The third-order valence-corrected chi connectivity index (χ3v) is 3.50. The molecule has 1 aromatic heterocycles. The van der Waals surface area contributed by atoms with Crippen LogP contribution in [-0.2, 0) is 4.74 Å². The van der Waals surface area contributed by atoms with Gasteiger partial charge in [0.25, 0.3) is 0 Å². The lowest BCUT2D eigenvalue weighted by molar-refractivity contribution is 0.193. The first kappa shape index (κ1) is 13.4. The summed E-state index contributed by atoms with van der Waals surface area (Å²) in [6, 6.07) is 0.318. The minimum atomic E-state index is 0.318. The fraction of sp³-hybridized carbons (Fsp3) is 0.714. The molecule has 0 bridgehead atoms. The van der Waals surface area contributed by atoms with Gasteiger partial charge >= 0.3 is 0 Å². The van der Waals surface area contributed by atoms with Gasteiger partial charge in [0.2, 0.25) is 0 Å². The van der Waals surface area contributed by atoms with Crippen molar-refractivity contribution in [2.45, 2.75) is 45.6 Å². The number of ether oxygens (including phenoxy) is 1. The third-order valence-electron chi connectivity index (χ3n) is 3.50. The van der Waals surface area contributed by atoms with Crippen LogP contribution < -0.4 is 5.32 Å². The maximum absolute atomic E-state index is 5.39. The lowest BCUT2D eigenvalue weighted by atomic mass is 10.1. The van der Waals surface area contributed by atoms with Crippen molar-refractivity contribution in [3.05, 3.63) is 23.3 Å². The van der Waals surface area contributed by atoms with E-state index in [0.29, 0.717) is 12.0 Å². The van der Waals surface area contributed by atoms with Crippen molar-refractivity contribution in [2.24, 2.45) is 0 Å². The van der Waals surface area contributed by atoms with E-state index < -0.39 is 0 Å². The van der Waals surface area contributed by atoms with Gasteiger partial charge in [-0.15, -0.1) is 0 Å². The Morgan fingerprint density at radius 3 is 3.00 bits per heavy atom. The van der Waals surface area contributed by atoms with Crippen molar-refractivity contribution in [1.29, 1.82) is 0 Å². The summed E-state index contributed by atoms with van der Waals surface area (Å²) in [7, 11) is 0. The predicted octanol–water partition coefficient (Wildman–Crippen LogP) is 2.35. The first-order valence-corrected chi connectivity index (χ1v) is 6.87. The maximum Gasteiger partial charge on any atom is 0.134 e. The van der Waals surface area contributed by atoms with Gasteiger partial charge < -0.3 is 10.1 Å². The van der Waals surface area contributed by atoms with Crippen molar-refractivity contribution >= 4 is 0 Å². The number of nitrogens with zero attached hydrogens (tertiary/aromatic N) is 2. The molecule has 0 amide bonds. The summed E-state index contributed by atoms with van der Waals surface area (Å²) < 4.78 is 5.39. The highest BCUT2D eigenvalue weighted by Crippen LogP contribution is 2.23. The molecular weight excluding hydrogens is 226 g/mol. The quantitative estimate of drug-likeness (QED) is 0.870. The van der Waals surface area contributed by atoms with Crippen molar-refractivity contribution in [3.63, 3.8) is 0 Å². The minimum absolute atomic E-state index is 0.318. The smallest absolute Gasteiger partial charge is 0.134 e. The monoisotopic (exact) mass is 249 g/mol. The minimum Gasteiger partial charge on any atom is -0.381 e. The first-order chi connectivity index (χ1) is 8.72. The van der Waals surface area contributed by atoms with Crippen LogP contribution in [0.15, 0.2) is 6.20 Å². The Bertz CT molecular complexity index is 389. The van der Waals surface area contributed by atoms with E-state index in [-0.39, 0.29) is 0 Å². The van der Waals surface area contributed by atoms with E-state index in [1.165, 1.54) is 5.56 Å². The van der Waals surface area contributed by atoms with Crippen LogP contribution in [0.4, 0.5) is 0 Å². The molecule has 100 valence electrons. The van der Waals surface area contributed by atoms with Gasteiger partial charge in [0.1, 0.15) is 5.82 Å². The van der Waals surface area contributed by atoms with Crippen molar-refractivity contribution in [1.82, 2.24) is 15.3 Å². The van der Waals surface area contributed by atoms with Crippen LogP contribution in [0.25, 0.3) is 0 Å². The summed E-state index contributed by atoms with van der Waals surface area (Å²) in [6.45, 7) is 9.04. The van der Waals surface area contributed by atoms with E-state index in [2.05, 4.69) is 36.1 Å². The third kappa shape index (κ3) is 3.06. The van der Waals surface area contributed by atoms with Gasteiger partial charge in [-0.25, -0.2) is 9.97 Å². The lowest BCUT2D eigenvalue weighted by Gasteiger charge is -2.16. The number of rotatable bonds is 5. The summed E-state index contributed by atoms with van der Waals surface area (Å²) in [5.41, 5.74) is 2.29. The average Bonchev–Trinajstić information content (AvgIpc) is 2.89. The highest BCUT2D eigenvalue weighted by Gasteiger charge is 2.21. The van der Waals surface area contributed by atoms with Gasteiger partial charge in [-0.1, -0.05) is 6.92 Å². The number of nitrogens with one attached hydrogen (secondary N) is 1. The normalized spacial score (nSPS) is 21.2. The number of aromatic nitrogens is 2. The van der Waals surface area contributed by atoms with E-state index in [1.54, 1.807) is 0 Å². The van der Waals surface area contributed by atoms with E-state index in [1.807, 2.05) is 6.20 Å².